The van der Waals surface area contributed by atoms with E-state index in [0.717, 1.165) is 12.8 Å². The quantitative estimate of drug-likeness (QED) is 0.279. The Balaban J connectivity index is 4.68. The molecule has 0 aliphatic heterocycles. The Bertz CT molecular complexity index is 326. The highest BCUT2D eigenvalue weighted by atomic mass is 16.5. The summed E-state index contributed by atoms with van der Waals surface area (Å²) in [6.45, 7) is 2.26. The standard InChI is InChI=1S/C14H29N3O5/c1-15(2)6-8-17(9-7-16(3)11-13(19)20)12(14(21)22)5-4-10-18/h10,12,14,21-22H,4-9,11H2,1-3H3,(H,19,20). The molecule has 0 saturated carbocycles. The molecule has 0 amide bonds. The molecule has 0 fully saturated rings. The van der Waals surface area contributed by atoms with E-state index in [-0.39, 0.29) is 13.0 Å². The fraction of sp³-hybridized carbons (Fsp3) is 0.857. The fourth-order valence-corrected chi connectivity index (χ4v) is 2.14. The lowest BCUT2D eigenvalue weighted by Gasteiger charge is -2.34. The summed E-state index contributed by atoms with van der Waals surface area (Å²) in [5.41, 5.74) is 0. The van der Waals surface area contributed by atoms with Crippen LogP contribution in [0.1, 0.15) is 12.8 Å². The van der Waals surface area contributed by atoms with Crippen LogP contribution in [0.3, 0.4) is 0 Å². The van der Waals surface area contributed by atoms with Crippen molar-refractivity contribution in [1.29, 1.82) is 0 Å². The van der Waals surface area contributed by atoms with Gasteiger partial charge in [-0.2, -0.15) is 0 Å². The summed E-state index contributed by atoms with van der Waals surface area (Å²) in [4.78, 5) is 26.8. The summed E-state index contributed by atoms with van der Waals surface area (Å²) >= 11 is 0. The van der Waals surface area contributed by atoms with Gasteiger partial charge in [-0.15, -0.1) is 0 Å². The highest BCUT2D eigenvalue weighted by molar-refractivity contribution is 5.68. The molecule has 8 heteroatoms. The molecule has 0 aromatic rings. The van der Waals surface area contributed by atoms with Crippen molar-refractivity contribution in [3.63, 3.8) is 0 Å². The fourth-order valence-electron chi connectivity index (χ4n) is 2.14. The van der Waals surface area contributed by atoms with E-state index < -0.39 is 18.3 Å². The molecule has 0 bridgehead atoms. The molecule has 0 aliphatic carbocycles. The number of hydrogen-bond acceptors (Lipinski definition) is 7. The molecule has 22 heavy (non-hydrogen) atoms. The first-order valence-electron chi connectivity index (χ1n) is 7.36. The Hall–Kier alpha value is -1.06. The number of aliphatic hydroxyl groups is 2. The number of carbonyl (C=O) groups excluding carboxylic acids is 1. The maximum Gasteiger partial charge on any atom is 0.317 e. The summed E-state index contributed by atoms with van der Waals surface area (Å²) in [5.74, 6) is -0.901. The molecule has 1 unspecified atom stereocenters. The minimum atomic E-state index is -1.54. The van der Waals surface area contributed by atoms with Crippen molar-refractivity contribution >= 4 is 12.3 Å². The zero-order valence-corrected chi connectivity index (χ0v) is 13.7. The van der Waals surface area contributed by atoms with Crippen LogP contribution in [0.25, 0.3) is 0 Å². The van der Waals surface area contributed by atoms with Gasteiger partial charge in [-0.3, -0.25) is 14.6 Å². The number of hydrogen-bond donors (Lipinski definition) is 3. The number of aldehydes is 1. The zero-order valence-electron chi connectivity index (χ0n) is 13.7. The van der Waals surface area contributed by atoms with E-state index in [9.17, 15) is 19.8 Å². The van der Waals surface area contributed by atoms with Crippen LogP contribution >= 0.6 is 0 Å². The van der Waals surface area contributed by atoms with E-state index in [0.29, 0.717) is 26.1 Å². The van der Waals surface area contributed by atoms with E-state index in [1.54, 1.807) is 11.9 Å². The van der Waals surface area contributed by atoms with Crippen molar-refractivity contribution in [3.8, 4) is 0 Å². The predicted octanol–water partition coefficient (Wildman–Crippen LogP) is -1.48. The molecule has 0 spiro atoms. The second kappa shape index (κ2) is 11.5. The second-order valence-corrected chi connectivity index (χ2v) is 5.70. The average molecular weight is 319 g/mol. The van der Waals surface area contributed by atoms with Crippen molar-refractivity contribution < 1.29 is 24.9 Å². The van der Waals surface area contributed by atoms with Crippen LogP contribution in [0.5, 0.6) is 0 Å². The maximum atomic E-state index is 10.7. The first-order valence-corrected chi connectivity index (χ1v) is 7.36. The average Bonchev–Trinajstić information content (AvgIpc) is 2.39. The van der Waals surface area contributed by atoms with Crippen molar-refractivity contribution in [1.82, 2.24) is 14.7 Å². The molecule has 0 aliphatic rings. The van der Waals surface area contributed by atoms with Gasteiger partial charge in [0.25, 0.3) is 0 Å². The topological polar surface area (TPSA) is 105 Å². The van der Waals surface area contributed by atoms with Crippen molar-refractivity contribution in [3.05, 3.63) is 0 Å². The van der Waals surface area contributed by atoms with Gasteiger partial charge < -0.3 is 25.0 Å². The second-order valence-electron chi connectivity index (χ2n) is 5.70. The third kappa shape index (κ3) is 9.80. The number of carbonyl (C=O) groups is 2. The number of aliphatic hydroxyl groups excluding tert-OH is 1. The smallest absolute Gasteiger partial charge is 0.317 e. The summed E-state index contributed by atoms with van der Waals surface area (Å²) in [6.07, 6.45) is -0.161. The molecule has 0 rings (SSSR count). The zero-order chi connectivity index (χ0) is 17.1. The van der Waals surface area contributed by atoms with Crippen molar-refractivity contribution in [2.24, 2.45) is 0 Å². The Morgan fingerprint density at radius 1 is 1.09 bits per heavy atom. The molecule has 0 aromatic carbocycles. The number of aliphatic carboxylic acids is 1. The van der Waals surface area contributed by atoms with Gasteiger partial charge in [0.1, 0.15) is 6.29 Å². The molecule has 3 N–H and O–H groups in total. The lowest BCUT2D eigenvalue weighted by atomic mass is 10.1. The van der Waals surface area contributed by atoms with E-state index in [1.165, 1.54) is 0 Å². The Kier molecular flexibility index (Phi) is 10.9. The summed E-state index contributed by atoms with van der Waals surface area (Å²) in [7, 11) is 5.54. The highest BCUT2D eigenvalue weighted by Gasteiger charge is 2.24. The van der Waals surface area contributed by atoms with Crippen LogP contribution in [0.2, 0.25) is 0 Å². The molecular weight excluding hydrogens is 290 g/mol. The van der Waals surface area contributed by atoms with Crippen LogP contribution in [-0.2, 0) is 9.59 Å². The van der Waals surface area contributed by atoms with Gasteiger partial charge in [-0.1, -0.05) is 0 Å². The molecule has 130 valence electrons. The minimum absolute atomic E-state index is 0.0673. The van der Waals surface area contributed by atoms with Gasteiger partial charge in [-0.25, -0.2) is 0 Å². The molecular formula is C14H29N3O5. The van der Waals surface area contributed by atoms with Gasteiger partial charge in [0.15, 0.2) is 6.29 Å². The van der Waals surface area contributed by atoms with Crippen LogP contribution < -0.4 is 0 Å². The van der Waals surface area contributed by atoms with E-state index >= 15 is 0 Å². The van der Waals surface area contributed by atoms with E-state index in [4.69, 9.17) is 5.11 Å². The number of carboxylic acid groups (broad SMARTS) is 1. The van der Waals surface area contributed by atoms with Crippen LogP contribution in [-0.4, -0.2) is 108 Å². The highest BCUT2D eigenvalue weighted by Crippen LogP contribution is 2.10. The predicted molar refractivity (Wildman–Crippen MR) is 82.6 cm³/mol. The van der Waals surface area contributed by atoms with Crippen molar-refractivity contribution in [2.45, 2.75) is 25.2 Å². The minimum Gasteiger partial charge on any atom is -0.480 e. The number of nitrogens with zero attached hydrogens (tertiary/aromatic N) is 3. The molecule has 1 atom stereocenters. The van der Waals surface area contributed by atoms with Crippen LogP contribution in [0, 0.1) is 0 Å². The SMILES string of the molecule is CN(C)CCN(CCN(C)CC(=O)O)C(CCC=O)C(O)O. The molecule has 0 heterocycles. The van der Waals surface area contributed by atoms with E-state index in [1.807, 2.05) is 23.9 Å². The van der Waals surface area contributed by atoms with Gasteiger partial charge in [0.2, 0.25) is 0 Å². The first-order chi connectivity index (χ1) is 10.3. The lowest BCUT2D eigenvalue weighted by molar-refractivity contribution is -0.138. The molecule has 0 saturated heterocycles. The first kappa shape index (κ1) is 20.9. The number of rotatable bonds is 13. The third-order valence-corrected chi connectivity index (χ3v) is 3.40. The van der Waals surface area contributed by atoms with Gasteiger partial charge >= 0.3 is 5.97 Å². The van der Waals surface area contributed by atoms with Crippen LogP contribution in [0.4, 0.5) is 0 Å². The normalized spacial score (nSPS) is 13.3. The maximum absolute atomic E-state index is 10.7. The number of carboxylic acids is 1. The van der Waals surface area contributed by atoms with Gasteiger partial charge in [0, 0.05) is 32.6 Å². The number of likely N-dealkylation sites (N-methyl/N-ethyl adjacent to an activating group) is 2. The molecule has 8 nitrogen and oxygen atoms in total. The van der Waals surface area contributed by atoms with Gasteiger partial charge in [0.05, 0.1) is 12.6 Å². The van der Waals surface area contributed by atoms with Gasteiger partial charge in [-0.05, 0) is 27.6 Å². The Morgan fingerprint density at radius 3 is 2.14 bits per heavy atom. The Labute approximate surface area is 131 Å². The van der Waals surface area contributed by atoms with E-state index in [2.05, 4.69) is 0 Å². The summed E-state index contributed by atoms with van der Waals surface area (Å²) in [5, 5.41) is 27.9. The van der Waals surface area contributed by atoms with Crippen LogP contribution in [0.15, 0.2) is 0 Å². The molecule has 0 radical (unpaired) electrons. The largest absolute Gasteiger partial charge is 0.480 e. The lowest BCUT2D eigenvalue weighted by Crippen LogP contribution is -2.49. The summed E-state index contributed by atoms with van der Waals surface area (Å²) in [6, 6.07) is -0.539. The monoisotopic (exact) mass is 319 g/mol. The summed E-state index contributed by atoms with van der Waals surface area (Å²) < 4.78 is 0. The Morgan fingerprint density at radius 2 is 1.68 bits per heavy atom. The molecule has 0 aromatic heterocycles. The third-order valence-electron chi connectivity index (χ3n) is 3.40. The van der Waals surface area contributed by atoms with Crippen molar-refractivity contribution in [2.75, 3.05) is 53.9 Å².